The minimum Gasteiger partial charge on any atom is -0.283 e. The van der Waals surface area contributed by atoms with Crippen LogP contribution in [0.15, 0.2) is 42.0 Å². The molecule has 0 aliphatic rings. The maximum absolute atomic E-state index is 8.77. The molecule has 16 heavy (non-hydrogen) atoms. The van der Waals surface area contributed by atoms with Crippen LogP contribution in [0.1, 0.15) is 19.4 Å². The van der Waals surface area contributed by atoms with Gasteiger partial charge in [-0.3, -0.25) is 4.90 Å². The van der Waals surface area contributed by atoms with Gasteiger partial charge in [-0.25, -0.2) is 0 Å². The fourth-order valence-electron chi connectivity index (χ4n) is 1.44. The highest BCUT2D eigenvalue weighted by molar-refractivity contribution is 5.14. The molecule has 0 radical (unpaired) electrons. The van der Waals surface area contributed by atoms with E-state index in [1.807, 2.05) is 18.2 Å². The lowest BCUT2D eigenvalue weighted by Gasteiger charge is -2.17. The van der Waals surface area contributed by atoms with Crippen LogP contribution < -0.4 is 0 Å². The van der Waals surface area contributed by atoms with Crippen LogP contribution in [0.2, 0.25) is 0 Å². The third kappa shape index (κ3) is 4.77. The summed E-state index contributed by atoms with van der Waals surface area (Å²) in [6.07, 6.45) is 2.15. The zero-order valence-electron chi connectivity index (χ0n) is 9.98. The quantitative estimate of drug-likeness (QED) is 0.556. The Hall–Kier alpha value is -1.59. The van der Waals surface area contributed by atoms with Crippen LogP contribution in [0.4, 0.5) is 0 Å². The Balaban J connectivity index is 2.58. The van der Waals surface area contributed by atoms with Gasteiger partial charge in [0.2, 0.25) is 0 Å². The zero-order valence-corrected chi connectivity index (χ0v) is 9.98. The first-order valence-corrected chi connectivity index (χ1v) is 5.49. The Morgan fingerprint density at radius 3 is 2.56 bits per heavy atom. The van der Waals surface area contributed by atoms with E-state index in [1.54, 1.807) is 0 Å². The van der Waals surface area contributed by atoms with Crippen molar-refractivity contribution in [3.05, 3.63) is 47.5 Å². The van der Waals surface area contributed by atoms with E-state index in [4.69, 9.17) is 5.26 Å². The highest BCUT2D eigenvalue weighted by atomic mass is 15.1. The molecular formula is C14H18N2. The van der Waals surface area contributed by atoms with E-state index in [0.29, 0.717) is 6.54 Å². The first kappa shape index (κ1) is 12.5. The van der Waals surface area contributed by atoms with E-state index in [2.05, 4.69) is 43.0 Å². The molecule has 0 unspecified atom stereocenters. The second kappa shape index (κ2) is 6.81. The van der Waals surface area contributed by atoms with Crippen molar-refractivity contribution in [2.75, 3.05) is 13.1 Å². The van der Waals surface area contributed by atoms with Crippen molar-refractivity contribution in [2.24, 2.45) is 0 Å². The van der Waals surface area contributed by atoms with Gasteiger partial charge >= 0.3 is 0 Å². The minimum atomic E-state index is 0.471. The molecule has 2 heteroatoms. The molecule has 0 fully saturated rings. The van der Waals surface area contributed by atoms with Gasteiger partial charge in [0.05, 0.1) is 12.6 Å². The maximum atomic E-state index is 8.77. The molecule has 1 aromatic carbocycles. The lowest BCUT2D eigenvalue weighted by Crippen LogP contribution is -2.23. The Kier molecular flexibility index (Phi) is 5.31. The van der Waals surface area contributed by atoms with E-state index in [-0.39, 0.29) is 0 Å². The molecule has 1 aromatic rings. The molecule has 0 bridgehead atoms. The smallest absolute Gasteiger partial charge is 0.0871 e. The molecule has 0 aliphatic heterocycles. The molecule has 0 aliphatic carbocycles. The van der Waals surface area contributed by atoms with Crippen molar-refractivity contribution < 1.29 is 0 Å². The molecule has 0 saturated heterocycles. The van der Waals surface area contributed by atoms with Gasteiger partial charge in [0.1, 0.15) is 0 Å². The molecule has 0 heterocycles. The Morgan fingerprint density at radius 1 is 1.31 bits per heavy atom. The first-order chi connectivity index (χ1) is 7.72. The van der Waals surface area contributed by atoms with E-state index >= 15 is 0 Å². The van der Waals surface area contributed by atoms with Gasteiger partial charge in [-0.05, 0) is 19.4 Å². The second-order valence-electron chi connectivity index (χ2n) is 4.09. The molecule has 0 aromatic heterocycles. The summed E-state index contributed by atoms with van der Waals surface area (Å²) in [4.78, 5) is 2.13. The summed E-state index contributed by atoms with van der Waals surface area (Å²) in [5.74, 6) is 0. The molecule has 0 N–H and O–H groups in total. The summed E-state index contributed by atoms with van der Waals surface area (Å²) in [7, 11) is 0. The van der Waals surface area contributed by atoms with Crippen molar-refractivity contribution in [3.63, 3.8) is 0 Å². The molecular weight excluding hydrogens is 196 g/mol. The summed E-state index contributed by atoms with van der Waals surface area (Å²) < 4.78 is 0. The van der Waals surface area contributed by atoms with Gasteiger partial charge in [-0.15, -0.1) is 0 Å². The van der Waals surface area contributed by atoms with Crippen molar-refractivity contribution >= 4 is 0 Å². The van der Waals surface area contributed by atoms with Gasteiger partial charge in [-0.1, -0.05) is 42.0 Å². The van der Waals surface area contributed by atoms with E-state index in [9.17, 15) is 0 Å². The van der Waals surface area contributed by atoms with Gasteiger partial charge in [0.15, 0.2) is 0 Å². The molecule has 1 rings (SSSR count). The number of hydrogen-bond acceptors (Lipinski definition) is 2. The molecule has 2 nitrogen and oxygen atoms in total. The number of nitriles is 1. The summed E-state index contributed by atoms with van der Waals surface area (Å²) >= 11 is 0. The third-order valence-corrected chi connectivity index (χ3v) is 2.30. The maximum Gasteiger partial charge on any atom is 0.0871 e. The molecule has 0 atom stereocenters. The summed E-state index contributed by atoms with van der Waals surface area (Å²) in [5, 5.41) is 8.77. The van der Waals surface area contributed by atoms with Gasteiger partial charge in [0, 0.05) is 13.1 Å². The fraction of sp³-hybridized carbons (Fsp3) is 0.357. The molecule has 0 amide bonds. The van der Waals surface area contributed by atoms with Crippen LogP contribution in [0.3, 0.4) is 0 Å². The average molecular weight is 214 g/mol. The minimum absolute atomic E-state index is 0.471. The van der Waals surface area contributed by atoms with Crippen LogP contribution in [0.25, 0.3) is 0 Å². The van der Waals surface area contributed by atoms with Crippen molar-refractivity contribution in [2.45, 2.75) is 20.4 Å². The summed E-state index contributed by atoms with van der Waals surface area (Å²) in [6.45, 7) is 6.29. The highest BCUT2D eigenvalue weighted by Gasteiger charge is 2.03. The van der Waals surface area contributed by atoms with E-state index in [0.717, 1.165) is 13.1 Å². The lowest BCUT2D eigenvalue weighted by molar-refractivity contribution is 0.330. The largest absolute Gasteiger partial charge is 0.283 e. The van der Waals surface area contributed by atoms with Gasteiger partial charge < -0.3 is 0 Å². The van der Waals surface area contributed by atoms with Gasteiger partial charge in [0.25, 0.3) is 0 Å². The number of hydrogen-bond donors (Lipinski definition) is 0. The highest BCUT2D eigenvalue weighted by Crippen LogP contribution is 2.04. The number of benzene rings is 1. The zero-order chi connectivity index (χ0) is 11.8. The van der Waals surface area contributed by atoms with E-state index in [1.165, 1.54) is 11.1 Å². The number of rotatable bonds is 5. The molecule has 84 valence electrons. The normalized spacial score (nSPS) is 9.88. The first-order valence-electron chi connectivity index (χ1n) is 5.49. The van der Waals surface area contributed by atoms with Crippen LogP contribution >= 0.6 is 0 Å². The predicted octanol–water partition coefficient (Wildman–Crippen LogP) is 2.98. The topological polar surface area (TPSA) is 27.0 Å². The summed E-state index contributed by atoms with van der Waals surface area (Å²) in [6, 6.07) is 12.5. The van der Waals surface area contributed by atoms with Crippen molar-refractivity contribution in [3.8, 4) is 6.07 Å². The monoisotopic (exact) mass is 214 g/mol. The fourth-order valence-corrected chi connectivity index (χ4v) is 1.44. The third-order valence-electron chi connectivity index (χ3n) is 2.30. The standard InChI is InChI=1S/C14H18N2/c1-13(2)8-10-16(11-9-15)12-14-6-4-3-5-7-14/h3-8H,10-12H2,1-2H3. The van der Waals surface area contributed by atoms with Crippen LogP contribution in [-0.4, -0.2) is 18.0 Å². The van der Waals surface area contributed by atoms with E-state index < -0.39 is 0 Å². The molecule has 0 spiro atoms. The van der Waals surface area contributed by atoms with Gasteiger partial charge in [-0.2, -0.15) is 5.26 Å². The van der Waals surface area contributed by atoms with Crippen LogP contribution in [-0.2, 0) is 6.54 Å². The Morgan fingerprint density at radius 2 is 2.00 bits per heavy atom. The van der Waals surface area contributed by atoms with Crippen LogP contribution in [0.5, 0.6) is 0 Å². The summed E-state index contributed by atoms with van der Waals surface area (Å²) in [5.41, 5.74) is 2.54. The second-order valence-corrected chi connectivity index (χ2v) is 4.09. The number of allylic oxidation sites excluding steroid dienone is 1. The predicted molar refractivity (Wildman–Crippen MR) is 66.8 cm³/mol. The Bertz CT molecular complexity index is 369. The average Bonchev–Trinajstić information content (AvgIpc) is 2.27. The Labute approximate surface area is 97.8 Å². The van der Waals surface area contributed by atoms with Crippen LogP contribution in [0, 0.1) is 11.3 Å². The SMILES string of the molecule is CC(C)=CCN(CC#N)Cc1ccccc1. The van der Waals surface area contributed by atoms with Crippen molar-refractivity contribution in [1.29, 1.82) is 5.26 Å². The molecule has 0 saturated carbocycles. The lowest BCUT2D eigenvalue weighted by atomic mass is 10.2. The van der Waals surface area contributed by atoms with Crippen molar-refractivity contribution in [1.82, 2.24) is 4.90 Å². The number of nitrogens with zero attached hydrogens (tertiary/aromatic N) is 2.